The Balaban J connectivity index is 1.75. The average Bonchev–Trinajstić information content (AvgIpc) is 3.27. The molecule has 0 saturated carbocycles. The molecular formula is C16H18N4O4. The highest BCUT2D eigenvalue weighted by atomic mass is 16.5. The Morgan fingerprint density at radius 3 is 2.75 bits per heavy atom. The highest BCUT2D eigenvalue weighted by Crippen LogP contribution is 2.23. The SMILES string of the molecule is Cc1nnc(C(CC(C)C)NC(=O)c2cc(-c3ccco3)on2)o1. The van der Waals surface area contributed by atoms with E-state index in [9.17, 15) is 4.79 Å². The second-order valence-corrected chi connectivity index (χ2v) is 5.87. The first-order valence-electron chi connectivity index (χ1n) is 7.64. The predicted octanol–water partition coefficient (Wildman–Crippen LogP) is 3.14. The molecule has 1 N–H and O–H groups in total. The number of carbonyl (C=O) groups is 1. The van der Waals surface area contributed by atoms with Crippen LogP contribution in [-0.2, 0) is 0 Å². The number of hydrogen-bond donors (Lipinski definition) is 1. The zero-order valence-electron chi connectivity index (χ0n) is 13.6. The Labute approximate surface area is 138 Å². The minimum absolute atomic E-state index is 0.159. The van der Waals surface area contributed by atoms with Gasteiger partial charge in [0.05, 0.1) is 6.26 Å². The van der Waals surface area contributed by atoms with Gasteiger partial charge >= 0.3 is 0 Å². The molecule has 0 saturated heterocycles. The van der Waals surface area contributed by atoms with Gasteiger partial charge < -0.3 is 18.7 Å². The van der Waals surface area contributed by atoms with E-state index >= 15 is 0 Å². The van der Waals surface area contributed by atoms with Gasteiger partial charge in [-0.1, -0.05) is 19.0 Å². The van der Waals surface area contributed by atoms with Crippen LogP contribution >= 0.6 is 0 Å². The Morgan fingerprint density at radius 2 is 2.12 bits per heavy atom. The molecule has 24 heavy (non-hydrogen) atoms. The summed E-state index contributed by atoms with van der Waals surface area (Å²) in [5, 5.41) is 14.5. The maximum atomic E-state index is 12.4. The molecule has 0 aliphatic rings. The fourth-order valence-electron chi connectivity index (χ4n) is 2.29. The molecule has 3 aromatic heterocycles. The summed E-state index contributed by atoms with van der Waals surface area (Å²) in [5.74, 6) is 1.68. The van der Waals surface area contributed by atoms with E-state index in [4.69, 9.17) is 13.4 Å². The van der Waals surface area contributed by atoms with E-state index in [1.165, 1.54) is 12.3 Å². The zero-order chi connectivity index (χ0) is 17.1. The molecule has 0 aliphatic heterocycles. The second-order valence-electron chi connectivity index (χ2n) is 5.87. The lowest BCUT2D eigenvalue weighted by atomic mass is 10.0. The van der Waals surface area contributed by atoms with Crippen LogP contribution in [0, 0.1) is 12.8 Å². The average molecular weight is 330 g/mol. The Hall–Kier alpha value is -2.90. The molecule has 126 valence electrons. The van der Waals surface area contributed by atoms with Crippen LogP contribution in [0.15, 0.2) is 37.8 Å². The molecule has 1 unspecified atom stereocenters. The van der Waals surface area contributed by atoms with Gasteiger partial charge in [-0.3, -0.25) is 4.79 Å². The first-order valence-corrected chi connectivity index (χ1v) is 7.64. The lowest BCUT2D eigenvalue weighted by Crippen LogP contribution is -2.30. The highest BCUT2D eigenvalue weighted by molar-refractivity contribution is 5.93. The molecular weight excluding hydrogens is 312 g/mol. The third-order valence-electron chi connectivity index (χ3n) is 3.36. The van der Waals surface area contributed by atoms with Crippen molar-refractivity contribution in [3.05, 3.63) is 41.9 Å². The number of amides is 1. The van der Waals surface area contributed by atoms with Crippen molar-refractivity contribution in [3.8, 4) is 11.5 Å². The number of furan rings is 1. The van der Waals surface area contributed by atoms with E-state index in [1.807, 2.05) is 13.8 Å². The van der Waals surface area contributed by atoms with Gasteiger partial charge in [-0.15, -0.1) is 10.2 Å². The molecule has 8 heteroatoms. The summed E-state index contributed by atoms with van der Waals surface area (Å²) in [6, 6.07) is 4.60. The summed E-state index contributed by atoms with van der Waals surface area (Å²) in [7, 11) is 0. The van der Waals surface area contributed by atoms with E-state index in [0.717, 1.165) is 0 Å². The van der Waals surface area contributed by atoms with Gasteiger partial charge in [0.2, 0.25) is 17.5 Å². The van der Waals surface area contributed by atoms with Gasteiger partial charge in [0.25, 0.3) is 5.91 Å². The highest BCUT2D eigenvalue weighted by Gasteiger charge is 2.24. The number of rotatable bonds is 6. The van der Waals surface area contributed by atoms with E-state index in [1.54, 1.807) is 19.1 Å². The minimum Gasteiger partial charge on any atom is -0.461 e. The number of aromatic nitrogens is 3. The molecule has 1 amide bonds. The van der Waals surface area contributed by atoms with Gasteiger partial charge in [0, 0.05) is 13.0 Å². The quantitative estimate of drug-likeness (QED) is 0.739. The first-order chi connectivity index (χ1) is 11.5. The van der Waals surface area contributed by atoms with Crippen molar-refractivity contribution < 1.29 is 18.2 Å². The van der Waals surface area contributed by atoms with Crippen LogP contribution in [0.1, 0.15) is 48.6 Å². The van der Waals surface area contributed by atoms with E-state index in [2.05, 4.69) is 20.7 Å². The third kappa shape index (κ3) is 3.53. The van der Waals surface area contributed by atoms with E-state index in [-0.39, 0.29) is 17.6 Å². The van der Waals surface area contributed by atoms with Crippen LogP contribution in [0.2, 0.25) is 0 Å². The van der Waals surface area contributed by atoms with Crippen molar-refractivity contribution in [1.29, 1.82) is 0 Å². The minimum atomic E-state index is -0.387. The lowest BCUT2D eigenvalue weighted by Gasteiger charge is -2.16. The Kier molecular flexibility index (Phi) is 4.45. The summed E-state index contributed by atoms with van der Waals surface area (Å²) in [5.41, 5.74) is 0.159. The second kappa shape index (κ2) is 6.69. The Bertz CT molecular complexity index is 804. The maximum Gasteiger partial charge on any atom is 0.274 e. The van der Waals surface area contributed by atoms with Crippen LogP contribution < -0.4 is 5.32 Å². The molecule has 0 aliphatic carbocycles. The summed E-state index contributed by atoms with van der Waals surface area (Å²) in [6.07, 6.45) is 2.18. The van der Waals surface area contributed by atoms with Crippen LogP contribution in [0.4, 0.5) is 0 Å². The lowest BCUT2D eigenvalue weighted by molar-refractivity contribution is 0.0915. The number of carbonyl (C=O) groups excluding carboxylic acids is 1. The summed E-state index contributed by atoms with van der Waals surface area (Å²) < 4.78 is 15.8. The number of nitrogens with zero attached hydrogens (tertiary/aromatic N) is 3. The summed E-state index contributed by atoms with van der Waals surface area (Å²) in [6.45, 7) is 5.80. The molecule has 0 bridgehead atoms. The molecule has 3 rings (SSSR count). The Morgan fingerprint density at radius 1 is 1.29 bits per heavy atom. The van der Waals surface area contributed by atoms with Gasteiger partial charge in [-0.05, 0) is 24.5 Å². The maximum absolute atomic E-state index is 12.4. The fraction of sp³-hybridized carbons (Fsp3) is 0.375. The third-order valence-corrected chi connectivity index (χ3v) is 3.36. The van der Waals surface area contributed by atoms with E-state index < -0.39 is 0 Å². The molecule has 3 aromatic rings. The van der Waals surface area contributed by atoms with Gasteiger partial charge in [0.15, 0.2) is 11.5 Å². The topological polar surface area (TPSA) is 107 Å². The van der Waals surface area contributed by atoms with Gasteiger partial charge in [0.1, 0.15) is 6.04 Å². The van der Waals surface area contributed by atoms with Crippen LogP contribution in [-0.4, -0.2) is 21.3 Å². The zero-order valence-corrected chi connectivity index (χ0v) is 13.6. The fourth-order valence-corrected chi connectivity index (χ4v) is 2.29. The molecule has 0 fully saturated rings. The standard InChI is InChI=1S/C16H18N4O4/c1-9(2)7-12(16-19-18-10(3)23-16)17-15(21)11-8-14(24-20-11)13-5-4-6-22-13/h4-6,8-9,12H,7H2,1-3H3,(H,17,21). The largest absolute Gasteiger partial charge is 0.461 e. The summed E-state index contributed by atoms with van der Waals surface area (Å²) >= 11 is 0. The van der Waals surface area contributed by atoms with Gasteiger partial charge in [-0.25, -0.2) is 0 Å². The van der Waals surface area contributed by atoms with Crippen molar-refractivity contribution in [2.45, 2.75) is 33.2 Å². The summed E-state index contributed by atoms with van der Waals surface area (Å²) in [4.78, 5) is 12.4. The molecule has 0 radical (unpaired) electrons. The van der Waals surface area contributed by atoms with Crippen LogP contribution in [0.5, 0.6) is 0 Å². The number of aryl methyl sites for hydroxylation is 1. The van der Waals surface area contributed by atoms with Crippen molar-refractivity contribution in [2.24, 2.45) is 5.92 Å². The molecule has 3 heterocycles. The van der Waals surface area contributed by atoms with Crippen molar-refractivity contribution in [3.63, 3.8) is 0 Å². The monoisotopic (exact) mass is 330 g/mol. The number of nitrogens with one attached hydrogen (secondary N) is 1. The van der Waals surface area contributed by atoms with Crippen molar-refractivity contribution in [1.82, 2.24) is 20.7 Å². The first kappa shape index (κ1) is 16.0. The smallest absolute Gasteiger partial charge is 0.274 e. The van der Waals surface area contributed by atoms with Crippen LogP contribution in [0.25, 0.3) is 11.5 Å². The molecule has 0 spiro atoms. The normalized spacial score (nSPS) is 12.5. The van der Waals surface area contributed by atoms with Crippen LogP contribution in [0.3, 0.4) is 0 Å². The molecule has 0 aromatic carbocycles. The predicted molar refractivity (Wildman–Crippen MR) is 82.9 cm³/mol. The van der Waals surface area contributed by atoms with Crippen molar-refractivity contribution >= 4 is 5.91 Å². The van der Waals surface area contributed by atoms with Gasteiger partial charge in [-0.2, -0.15) is 0 Å². The molecule has 1 atom stereocenters. The number of hydrogen-bond acceptors (Lipinski definition) is 7. The van der Waals surface area contributed by atoms with Crippen molar-refractivity contribution in [2.75, 3.05) is 0 Å². The molecule has 8 nitrogen and oxygen atoms in total. The van der Waals surface area contributed by atoms with E-state index in [0.29, 0.717) is 35.6 Å².